The molecule has 1 heterocycles. The Hall–Kier alpha value is -1.93. The van der Waals surface area contributed by atoms with Crippen molar-refractivity contribution < 1.29 is 9.50 Å². The molecule has 0 aliphatic heterocycles. The number of hydrogen-bond acceptors (Lipinski definition) is 3. The van der Waals surface area contributed by atoms with Gasteiger partial charge in [0, 0.05) is 10.0 Å². The first-order chi connectivity index (χ1) is 8.11. The van der Waals surface area contributed by atoms with Gasteiger partial charge >= 0.3 is 0 Å². The molecule has 2 aromatic rings. The Kier molecular flexibility index (Phi) is 3.07. The third-order valence-electron chi connectivity index (χ3n) is 2.19. The first kappa shape index (κ1) is 11.6. The van der Waals surface area contributed by atoms with Gasteiger partial charge < -0.3 is 5.11 Å². The molecule has 0 aliphatic carbocycles. The minimum atomic E-state index is -0.345. The van der Waals surface area contributed by atoms with Gasteiger partial charge in [-0.3, -0.25) is 0 Å². The van der Waals surface area contributed by atoms with Crippen LogP contribution in [0.5, 0.6) is 5.88 Å². The molecule has 1 N–H and O–H groups in total. The van der Waals surface area contributed by atoms with Crippen molar-refractivity contribution in [3.8, 4) is 23.2 Å². The van der Waals surface area contributed by atoms with Gasteiger partial charge in [-0.2, -0.15) is 5.26 Å². The number of aromatic hydroxyl groups is 1. The Morgan fingerprint density at radius 1 is 1.29 bits per heavy atom. The molecular weight excluding hydrogens is 287 g/mol. The first-order valence-electron chi connectivity index (χ1n) is 4.67. The SMILES string of the molecule is N#Cc1cc(Br)c(-c2ccc(F)cc2)nc1O. The Bertz CT molecular complexity index is 605. The van der Waals surface area contributed by atoms with E-state index in [2.05, 4.69) is 20.9 Å². The summed E-state index contributed by atoms with van der Waals surface area (Å²) >= 11 is 3.26. The summed E-state index contributed by atoms with van der Waals surface area (Å²) in [6.45, 7) is 0. The number of halogens is 2. The van der Waals surface area contributed by atoms with Crippen LogP contribution in [-0.2, 0) is 0 Å². The lowest BCUT2D eigenvalue weighted by molar-refractivity contribution is 0.452. The molecule has 0 saturated heterocycles. The summed E-state index contributed by atoms with van der Waals surface area (Å²) < 4.78 is 13.3. The lowest BCUT2D eigenvalue weighted by atomic mass is 10.1. The molecular formula is C12H6BrFN2O. The van der Waals surface area contributed by atoms with Crippen molar-refractivity contribution >= 4 is 15.9 Å². The quantitative estimate of drug-likeness (QED) is 0.878. The zero-order valence-electron chi connectivity index (χ0n) is 8.48. The third kappa shape index (κ3) is 2.27. The molecule has 0 atom stereocenters. The van der Waals surface area contributed by atoms with Crippen LogP contribution in [0.2, 0.25) is 0 Å². The van der Waals surface area contributed by atoms with Gasteiger partial charge in [0.15, 0.2) is 0 Å². The van der Waals surface area contributed by atoms with E-state index in [1.165, 1.54) is 18.2 Å². The van der Waals surface area contributed by atoms with Crippen LogP contribution >= 0.6 is 15.9 Å². The maximum atomic E-state index is 12.8. The molecule has 0 fully saturated rings. The molecule has 0 aliphatic rings. The molecule has 0 unspecified atom stereocenters. The summed E-state index contributed by atoms with van der Waals surface area (Å²) in [5.41, 5.74) is 1.20. The van der Waals surface area contributed by atoms with E-state index < -0.39 is 0 Å². The molecule has 0 saturated carbocycles. The molecule has 84 valence electrons. The second kappa shape index (κ2) is 4.52. The molecule has 1 aromatic heterocycles. The molecule has 0 amide bonds. The maximum Gasteiger partial charge on any atom is 0.229 e. The summed E-state index contributed by atoms with van der Waals surface area (Å²) in [5, 5.41) is 18.2. The average molecular weight is 293 g/mol. The van der Waals surface area contributed by atoms with Crippen LogP contribution in [0.25, 0.3) is 11.3 Å². The van der Waals surface area contributed by atoms with Gasteiger partial charge in [-0.25, -0.2) is 9.37 Å². The first-order valence-corrected chi connectivity index (χ1v) is 5.46. The predicted molar refractivity (Wildman–Crippen MR) is 63.7 cm³/mol. The summed E-state index contributed by atoms with van der Waals surface area (Å²) in [6, 6.07) is 9.00. The van der Waals surface area contributed by atoms with Crippen LogP contribution in [0, 0.1) is 17.1 Å². The van der Waals surface area contributed by atoms with Crippen molar-refractivity contribution in [3.63, 3.8) is 0 Å². The van der Waals surface area contributed by atoms with Crippen molar-refractivity contribution in [3.05, 3.63) is 46.2 Å². The average Bonchev–Trinajstić information content (AvgIpc) is 2.33. The smallest absolute Gasteiger partial charge is 0.229 e. The van der Waals surface area contributed by atoms with Gasteiger partial charge in [0.25, 0.3) is 0 Å². The molecule has 0 radical (unpaired) electrons. The Morgan fingerprint density at radius 2 is 1.94 bits per heavy atom. The van der Waals surface area contributed by atoms with Gasteiger partial charge in [-0.15, -0.1) is 0 Å². The fourth-order valence-corrected chi connectivity index (χ4v) is 1.92. The van der Waals surface area contributed by atoms with E-state index in [1.54, 1.807) is 12.1 Å². The van der Waals surface area contributed by atoms with Gasteiger partial charge in [0.1, 0.15) is 17.4 Å². The molecule has 3 nitrogen and oxygen atoms in total. The predicted octanol–water partition coefficient (Wildman–Crippen LogP) is 3.23. The maximum absolute atomic E-state index is 12.8. The summed E-state index contributed by atoms with van der Waals surface area (Å²) in [6.07, 6.45) is 0. The summed E-state index contributed by atoms with van der Waals surface area (Å²) in [4.78, 5) is 3.91. The Morgan fingerprint density at radius 3 is 2.53 bits per heavy atom. The number of aromatic nitrogens is 1. The topological polar surface area (TPSA) is 56.9 Å². The second-order valence-electron chi connectivity index (χ2n) is 3.31. The molecule has 0 spiro atoms. The fourth-order valence-electron chi connectivity index (χ4n) is 1.37. The van der Waals surface area contributed by atoms with Crippen LogP contribution in [-0.4, -0.2) is 10.1 Å². The summed E-state index contributed by atoms with van der Waals surface area (Å²) in [5.74, 6) is -0.683. The van der Waals surface area contributed by atoms with Crippen LogP contribution in [0.4, 0.5) is 4.39 Å². The van der Waals surface area contributed by atoms with Gasteiger partial charge in [0.2, 0.25) is 5.88 Å². The molecule has 1 aromatic carbocycles. The van der Waals surface area contributed by atoms with Gasteiger partial charge in [-0.1, -0.05) is 0 Å². The minimum absolute atomic E-state index is 0.0859. The van der Waals surface area contributed by atoms with Crippen LogP contribution < -0.4 is 0 Å². The highest BCUT2D eigenvalue weighted by Gasteiger charge is 2.10. The van der Waals surface area contributed by atoms with Crippen LogP contribution in [0.15, 0.2) is 34.8 Å². The van der Waals surface area contributed by atoms with Crippen LogP contribution in [0.1, 0.15) is 5.56 Å². The largest absolute Gasteiger partial charge is 0.492 e. The lowest BCUT2D eigenvalue weighted by Gasteiger charge is -2.05. The van der Waals surface area contributed by atoms with Crippen LogP contribution in [0.3, 0.4) is 0 Å². The fraction of sp³-hybridized carbons (Fsp3) is 0. The van der Waals surface area contributed by atoms with Crippen molar-refractivity contribution in [2.75, 3.05) is 0 Å². The van der Waals surface area contributed by atoms with E-state index >= 15 is 0 Å². The van der Waals surface area contributed by atoms with E-state index in [9.17, 15) is 9.50 Å². The van der Waals surface area contributed by atoms with Crippen molar-refractivity contribution in [1.29, 1.82) is 5.26 Å². The number of nitriles is 1. The van der Waals surface area contributed by atoms with E-state index in [4.69, 9.17) is 5.26 Å². The number of rotatable bonds is 1. The zero-order valence-corrected chi connectivity index (χ0v) is 10.1. The summed E-state index contributed by atoms with van der Waals surface area (Å²) in [7, 11) is 0. The number of pyridine rings is 1. The minimum Gasteiger partial charge on any atom is -0.492 e. The van der Waals surface area contributed by atoms with Crippen molar-refractivity contribution in [2.45, 2.75) is 0 Å². The zero-order chi connectivity index (χ0) is 12.4. The van der Waals surface area contributed by atoms with E-state index in [0.29, 0.717) is 15.7 Å². The number of hydrogen-bond donors (Lipinski definition) is 1. The van der Waals surface area contributed by atoms with Crippen molar-refractivity contribution in [1.82, 2.24) is 4.98 Å². The van der Waals surface area contributed by atoms with E-state index in [0.717, 1.165) is 0 Å². The van der Waals surface area contributed by atoms with E-state index in [1.807, 2.05) is 6.07 Å². The highest BCUT2D eigenvalue weighted by molar-refractivity contribution is 9.10. The van der Waals surface area contributed by atoms with Crippen molar-refractivity contribution in [2.24, 2.45) is 0 Å². The third-order valence-corrected chi connectivity index (χ3v) is 2.80. The molecule has 0 bridgehead atoms. The van der Waals surface area contributed by atoms with E-state index in [-0.39, 0.29) is 17.3 Å². The highest BCUT2D eigenvalue weighted by atomic mass is 79.9. The highest BCUT2D eigenvalue weighted by Crippen LogP contribution is 2.30. The standard InChI is InChI=1S/C12H6BrFN2O/c13-10-5-8(6-15)12(17)16-11(10)7-1-3-9(14)4-2-7/h1-5H,(H,16,17). The Labute approximate surface area is 105 Å². The van der Waals surface area contributed by atoms with Gasteiger partial charge in [-0.05, 0) is 46.3 Å². The second-order valence-corrected chi connectivity index (χ2v) is 4.16. The monoisotopic (exact) mass is 292 g/mol. The molecule has 5 heteroatoms. The number of benzene rings is 1. The lowest BCUT2D eigenvalue weighted by Crippen LogP contribution is -1.89. The Balaban J connectivity index is 2.57. The molecule has 2 rings (SSSR count). The van der Waals surface area contributed by atoms with Gasteiger partial charge in [0.05, 0.1) is 5.69 Å². The number of nitrogens with zero attached hydrogens (tertiary/aromatic N) is 2. The normalized spacial score (nSPS) is 9.94. The molecule has 17 heavy (non-hydrogen) atoms.